The highest BCUT2D eigenvalue weighted by Crippen LogP contribution is 2.32. The molecule has 116 valence electrons. The molecule has 0 saturated heterocycles. The fraction of sp³-hybridized carbons (Fsp3) is 0.0870. The Kier molecular flexibility index (Phi) is 3.62. The first-order chi connectivity index (χ1) is 11.7. The summed E-state index contributed by atoms with van der Waals surface area (Å²) in [5, 5.41) is 1.19. The Morgan fingerprint density at radius 2 is 1.21 bits per heavy atom. The fourth-order valence-electron chi connectivity index (χ4n) is 3.02. The van der Waals surface area contributed by atoms with Crippen molar-refractivity contribution in [3.63, 3.8) is 0 Å². The van der Waals surface area contributed by atoms with Crippen LogP contribution in [0.25, 0.3) is 33.3 Å². The van der Waals surface area contributed by atoms with Crippen molar-refractivity contribution in [2.75, 3.05) is 0 Å². The molecule has 3 aromatic carbocycles. The minimum atomic E-state index is 1.02. The number of aryl methyl sites for hydroxylation is 2. The summed E-state index contributed by atoms with van der Waals surface area (Å²) in [6.07, 6.45) is 0. The Balaban J connectivity index is 1.97. The number of aromatic nitrogens is 1. The Bertz CT molecular complexity index is 996. The van der Waals surface area contributed by atoms with Crippen molar-refractivity contribution < 1.29 is 0 Å². The molecule has 1 heterocycles. The summed E-state index contributed by atoms with van der Waals surface area (Å²) in [4.78, 5) is 4.88. The molecule has 0 spiro atoms. The van der Waals surface area contributed by atoms with Crippen molar-refractivity contribution in [1.29, 1.82) is 0 Å². The van der Waals surface area contributed by atoms with Crippen LogP contribution >= 0.6 is 0 Å². The van der Waals surface area contributed by atoms with Gasteiger partial charge in [0.15, 0.2) is 0 Å². The van der Waals surface area contributed by atoms with Gasteiger partial charge in [-0.15, -0.1) is 0 Å². The van der Waals surface area contributed by atoms with Gasteiger partial charge in [-0.05, 0) is 37.1 Å². The number of nitrogens with zero attached hydrogens (tertiary/aromatic N) is 1. The van der Waals surface area contributed by atoms with Gasteiger partial charge in [0.1, 0.15) is 0 Å². The number of hydrogen-bond donors (Lipinski definition) is 0. The van der Waals surface area contributed by atoms with E-state index in [1.54, 1.807) is 0 Å². The van der Waals surface area contributed by atoms with Crippen LogP contribution in [0.5, 0.6) is 0 Å². The second-order valence-electron chi connectivity index (χ2n) is 6.30. The van der Waals surface area contributed by atoms with E-state index in [9.17, 15) is 0 Å². The van der Waals surface area contributed by atoms with Crippen molar-refractivity contribution in [3.8, 4) is 22.4 Å². The molecule has 0 aliphatic heterocycles. The van der Waals surface area contributed by atoms with Gasteiger partial charge in [-0.3, -0.25) is 0 Å². The van der Waals surface area contributed by atoms with Crippen LogP contribution in [0, 0.1) is 13.8 Å². The molecule has 0 aliphatic carbocycles. The molecule has 1 nitrogen and oxygen atoms in total. The van der Waals surface area contributed by atoms with Gasteiger partial charge < -0.3 is 0 Å². The first-order valence-electron chi connectivity index (χ1n) is 8.24. The molecule has 0 unspecified atom stereocenters. The molecule has 0 amide bonds. The van der Waals surface area contributed by atoms with Gasteiger partial charge >= 0.3 is 0 Å². The summed E-state index contributed by atoms with van der Waals surface area (Å²) in [5.41, 5.74) is 8.20. The molecule has 24 heavy (non-hydrogen) atoms. The molecule has 1 heteroatoms. The lowest BCUT2D eigenvalue weighted by atomic mass is 9.97. The molecule has 0 aliphatic rings. The summed E-state index contributed by atoms with van der Waals surface area (Å²) in [6.45, 7) is 4.22. The van der Waals surface area contributed by atoms with Gasteiger partial charge in [0.25, 0.3) is 0 Å². The van der Waals surface area contributed by atoms with Gasteiger partial charge in [-0.25, -0.2) is 4.98 Å². The maximum Gasteiger partial charge on any atom is 0.0715 e. The van der Waals surface area contributed by atoms with Crippen LogP contribution in [0.1, 0.15) is 11.1 Å². The van der Waals surface area contributed by atoms with Crippen LogP contribution in [0.2, 0.25) is 0 Å². The minimum absolute atomic E-state index is 1.02. The first-order valence-corrected chi connectivity index (χ1v) is 8.24. The quantitative estimate of drug-likeness (QED) is 0.430. The van der Waals surface area contributed by atoms with Gasteiger partial charge in [0, 0.05) is 10.9 Å². The number of rotatable bonds is 2. The highest BCUT2D eigenvalue weighted by molar-refractivity contribution is 5.96. The average Bonchev–Trinajstić information content (AvgIpc) is 2.62. The van der Waals surface area contributed by atoms with Crippen LogP contribution < -0.4 is 0 Å². The van der Waals surface area contributed by atoms with Gasteiger partial charge in [-0.2, -0.15) is 0 Å². The van der Waals surface area contributed by atoms with E-state index < -0.39 is 0 Å². The van der Waals surface area contributed by atoms with Crippen LogP contribution in [-0.2, 0) is 0 Å². The molecular formula is C23H19N. The number of hydrogen-bond acceptors (Lipinski definition) is 1. The molecule has 0 fully saturated rings. The van der Waals surface area contributed by atoms with Crippen molar-refractivity contribution in [3.05, 3.63) is 90.0 Å². The zero-order valence-electron chi connectivity index (χ0n) is 14.0. The topological polar surface area (TPSA) is 12.9 Å². The second-order valence-corrected chi connectivity index (χ2v) is 6.30. The summed E-state index contributed by atoms with van der Waals surface area (Å²) in [6, 6.07) is 27.8. The predicted octanol–water partition coefficient (Wildman–Crippen LogP) is 6.19. The smallest absolute Gasteiger partial charge is 0.0715 e. The molecule has 0 radical (unpaired) electrons. The fourth-order valence-corrected chi connectivity index (χ4v) is 3.02. The largest absolute Gasteiger partial charge is 0.248 e. The van der Waals surface area contributed by atoms with Crippen LogP contribution in [0.15, 0.2) is 78.9 Å². The first kappa shape index (κ1) is 14.6. The van der Waals surface area contributed by atoms with E-state index in [2.05, 4.69) is 86.6 Å². The van der Waals surface area contributed by atoms with Crippen molar-refractivity contribution in [2.24, 2.45) is 0 Å². The van der Waals surface area contributed by atoms with E-state index in [1.165, 1.54) is 27.6 Å². The van der Waals surface area contributed by atoms with Crippen molar-refractivity contribution >= 4 is 10.9 Å². The SMILES string of the molecule is Cc1ccc(-c2cc(-c3ccc(C)cc3)c3ccccc3n2)cc1. The maximum atomic E-state index is 4.88. The zero-order chi connectivity index (χ0) is 16.5. The molecule has 0 N–H and O–H groups in total. The maximum absolute atomic E-state index is 4.88. The highest BCUT2D eigenvalue weighted by Gasteiger charge is 2.09. The summed E-state index contributed by atoms with van der Waals surface area (Å²) < 4.78 is 0. The second kappa shape index (κ2) is 5.93. The lowest BCUT2D eigenvalue weighted by Gasteiger charge is -2.11. The average molecular weight is 309 g/mol. The lowest BCUT2D eigenvalue weighted by molar-refractivity contribution is 1.38. The molecule has 0 atom stereocenters. The van der Waals surface area contributed by atoms with Crippen LogP contribution in [0.3, 0.4) is 0 Å². The third kappa shape index (κ3) is 2.69. The summed E-state index contributed by atoms with van der Waals surface area (Å²) in [7, 11) is 0. The third-order valence-corrected chi connectivity index (χ3v) is 4.43. The van der Waals surface area contributed by atoms with Crippen molar-refractivity contribution in [1.82, 2.24) is 4.98 Å². The molecule has 0 bridgehead atoms. The van der Waals surface area contributed by atoms with Gasteiger partial charge in [0.05, 0.1) is 11.2 Å². The Hall–Kier alpha value is -2.93. The Morgan fingerprint density at radius 1 is 0.625 bits per heavy atom. The van der Waals surface area contributed by atoms with Crippen LogP contribution in [-0.4, -0.2) is 4.98 Å². The summed E-state index contributed by atoms with van der Waals surface area (Å²) >= 11 is 0. The monoisotopic (exact) mass is 309 g/mol. The van der Waals surface area contributed by atoms with Gasteiger partial charge in [0.2, 0.25) is 0 Å². The highest BCUT2D eigenvalue weighted by atomic mass is 14.7. The number of para-hydroxylation sites is 1. The number of benzene rings is 3. The summed E-state index contributed by atoms with van der Waals surface area (Å²) in [5.74, 6) is 0. The normalized spacial score (nSPS) is 10.9. The van der Waals surface area contributed by atoms with E-state index in [-0.39, 0.29) is 0 Å². The minimum Gasteiger partial charge on any atom is -0.248 e. The third-order valence-electron chi connectivity index (χ3n) is 4.43. The Morgan fingerprint density at radius 3 is 1.88 bits per heavy atom. The molecule has 4 rings (SSSR count). The number of fused-ring (bicyclic) bond motifs is 1. The van der Waals surface area contributed by atoms with Gasteiger partial charge in [-0.1, -0.05) is 77.9 Å². The Labute approximate surface area is 142 Å². The molecule has 0 saturated carbocycles. The van der Waals surface area contributed by atoms with E-state index in [1.807, 2.05) is 6.07 Å². The van der Waals surface area contributed by atoms with E-state index in [4.69, 9.17) is 4.98 Å². The molecule has 1 aromatic heterocycles. The molecular weight excluding hydrogens is 290 g/mol. The predicted molar refractivity (Wildman–Crippen MR) is 102 cm³/mol. The lowest BCUT2D eigenvalue weighted by Crippen LogP contribution is -1.90. The van der Waals surface area contributed by atoms with Crippen LogP contribution in [0.4, 0.5) is 0 Å². The van der Waals surface area contributed by atoms with E-state index in [0.29, 0.717) is 0 Å². The van der Waals surface area contributed by atoms with Crippen molar-refractivity contribution in [2.45, 2.75) is 13.8 Å². The number of pyridine rings is 1. The standard InChI is InChI=1S/C23H19N/c1-16-7-11-18(12-8-16)21-15-23(19-13-9-17(2)10-14-19)24-22-6-4-3-5-20(21)22/h3-15H,1-2H3. The van der Waals surface area contributed by atoms with E-state index in [0.717, 1.165) is 16.8 Å². The van der Waals surface area contributed by atoms with E-state index >= 15 is 0 Å². The molecule has 4 aromatic rings. The zero-order valence-corrected chi connectivity index (χ0v) is 14.0.